The summed E-state index contributed by atoms with van der Waals surface area (Å²) in [5, 5.41) is 0.127. The summed E-state index contributed by atoms with van der Waals surface area (Å²) in [6.07, 6.45) is 1.14. The molecule has 0 spiro atoms. The van der Waals surface area contributed by atoms with Gasteiger partial charge >= 0.3 is 0 Å². The Morgan fingerprint density at radius 1 is 1.43 bits per heavy atom. The van der Waals surface area contributed by atoms with Gasteiger partial charge in [-0.1, -0.05) is 11.8 Å². The second kappa shape index (κ2) is 7.45. The molecule has 0 radical (unpaired) electrons. The van der Waals surface area contributed by atoms with Crippen LogP contribution in [0.1, 0.15) is 19.8 Å². The van der Waals surface area contributed by atoms with E-state index in [1.54, 1.807) is 17.0 Å². The van der Waals surface area contributed by atoms with E-state index >= 15 is 0 Å². The van der Waals surface area contributed by atoms with Crippen molar-refractivity contribution < 1.29 is 18.7 Å². The number of carbonyl (C=O) groups is 2. The zero-order valence-electron chi connectivity index (χ0n) is 11.9. The van der Waals surface area contributed by atoms with Gasteiger partial charge in [-0.3, -0.25) is 9.59 Å². The molecule has 1 heterocycles. The summed E-state index contributed by atoms with van der Waals surface area (Å²) in [6.45, 7) is 3.24. The highest BCUT2D eigenvalue weighted by Gasteiger charge is 2.30. The van der Waals surface area contributed by atoms with Gasteiger partial charge in [0.2, 0.25) is 5.91 Å². The molecule has 1 aliphatic heterocycles. The van der Waals surface area contributed by atoms with Crippen molar-refractivity contribution >= 4 is 22.8 Å². The Kier molecular flexibility index (Phi) is 5.61. The summed E-state index contributed by atoms with van der Waals surface area (Å²) in [4.78, 5) is 24.6. The van der Waals surface area contributed by atoms with Gasteiger partial charge in [0.15, 0.2) is 5.12 Å². The van der Waals surface area contributed by atoms with Crippen molar-refractivity contribution in [2.75, 3.05) is 19.7 Å². The van der Waals surface area contributed by atoms with E-state index in [1.165, 1.54) is 30.8 Å². The molecule has 1 aromatic carbocycles. The van der Waals surface area contributed by atoms with E-state index in [2.05, 4.69) is 0 Å². The van der Waals surface area contributed by atoms with Crippen molar-refractivity contribution in [1.82, 2.24) is 4.90 Å². The number of amides is 1. The van der Waals surface area contributed by atoms with Gasteiger partial charge in [0.1, 0.15) is 11.6 Å². The number of nitrogens with zero attached hydrogens (tertiary/aromatic N) is 1. The van der Waals surface area contributed by atoms with Crippen LogP contribution in [0.4, 0.5) is 4.39 Å². The first-order valence-electron chi connectivity index (χ1n) is 6.88. The van der Waals surface area contributed by atoms with Crippen LogP contribution in [-0.2, 0) is 9.59 Å². The summed E-state index contributed by atoms with van der Waals surface area (Å²) in [5.41, 5.74) is 0. The highest BCUT2D eigenvalue weighted by atomic mass is 32.2. The predicted octanol–water partition coefficient (Wildman–Crippen LogP) is 2.48. The average molecular weight is 311 g/mol. The molecule has 6 heteroatoms. The lowest BCUT2D eigenvalue weighted by Crippen LogP contribution is -2.27. The third-order valence-electron chi connectivity index (χ3n) is 3.17. The van der Waals surface area contributed by atoms with Crippen molar-refractivity contribution in [1.29, 1.82) is 0 Å². The van der Waals surface area contributed by atoms with E-state index < -0.39 is 0 Å². The minimum absolute atomic E-state index is 0.0503. The standard InChI is InChI=1S/C15H18FNO3S/c1-11(18)21-14-9-15(19)17(10-14)7-2-8-20-13-5-3-12(16)4-6-13/h3-6,14H,2,7-10H2,1H3. The molecule has 4 nitrogen and oxygen atoms in total. The minimum Gasteiger partial charge on any atom is -0.494 e. The van der Waals surface area contributed by atoms with E-state index in [1.807, 2.05) is 0 Å². The monoisotopic (exact) mass is 311 g/mol. The summed E-state index contributed by atoms with van der Waals surface area (Å²) in [6, 6.07) is 5.86. The van der Waals surface area contributed by atoms with Crippen LogP contribution in [-0.4, -0.2) is 40.9 Å². The van der Waals surface area contributed by atoms with Crippen LogP contribution in [0.2, 0.25) is 0 Å². The van der Waals surface area contributed by atoms with Gasteiger partial charge in [0.05, 0.1) is 6.61 Å². The quantitative estimate of drug-likeness (QED) is 0.757. The third kappa shape index (κ3) is 5.04. The highest BCUT2D eigenvalue weighted by molar-refractivity contribution is 8.14. The first-order valence-corrected chi connectivity index (χ1v) is 7.76. The summed E-state index contributed by atoms with van der Waals surface area (Å²) >= 11 is 1.24. The highest BCUT2D eigenvalue weighted by Crippen LogP contribution is 2.24. The van der Waals surface area contributed by atoms with Crippen LogP contribution < -0.4 is 4.74 Å². The zero-order chi connectivity index (χ0) is 15.2. The predicted molar refractivity (Wildman–Crippen MR) is 79.8 cm³/mol. The zero-order valence-corrected chi connectivity index (χ0v) is 12.7. The SMILES string of the molecule is CC(=O)SC1CC(=O)N(CCCOc2ccc(F)cc2)C1. The molecule has 1 atom stereocenters. The van der Waals surface area contributed by atoms with E-state index in [-0.39, 0.29) is 22.1 Å². The molecule has 114 valence electrons. The molecule has 1 unspecified atom stereocenters. The van der Waals surface area contributed by atoms with Crippen LogP contribution in [0.15, 0.2) is 24.3 Å². The Hall–Kier alpha value is -1.56. The number of halogens is 1. The Bertz CT molecular complexity index is 506. The van der Waals surface area contributed by atoms with Gasteiger partial charge in [-0.25, -0.2) is 4.39 Å². The molecule has 21 heavy (non-hydrogen) atoms. The molecule has 0 saturated carbocycles. The van der Waals surface area contributed by atoms with Gasteiger partial charge in [-0.2, -0.15) is 0 Å². The first-order chi connectivity index (χ1) is 10.0. The molecular formula is C15H18FNO3S. The first kappa shape index (κ1) is 15.8. The Morgan fingerprint density at radius 2 is 2.14 bits per heavy atom. The van der Waals surface area contributed by atoms with Gasteiger partial charge in [-0.15, -0.1) is 0 Å². The van der Waals surface area contributed by atoms with Crippen LogP contribution in [0, 0.1) is 5.82 Å². The molecule has 1 fully saturated rings. The topological polar surface area (TPSA) is 46.6 Å². The molecule has 0 aliphatic carbocycles. The van der Waals surface area contributed by atoms with Gasteiger partial charge in [0, 0.05) is 31.7 Å². The van der Waals surface area contributed by atoms with Crippen LogP contribution in [0.25, 0.3) is 0 Å². The lowest BCUT2D eigenvalue weighted by molar-refractivity contribution is -0.127. The van der Waals surface area contributed by atoms with Crippen LogP contribution >= 0.6 is 11.8 Å². The van der Waals surface area contributed by atoms with Crippen LogP contribution in [0.3, 0.4) is 0 Å². The molecule has 1 saturated heterocycles. The average Bonchev–Trinajstić information content (AvgIpc) is 2.76. The molecule has 1 aliphatic rings. The lowest BCUT2D eigenvalue weighted by atomic mass is 10.3. The van der Waals surface area contributed by atoms with Crippen molar-refractivity contribution in [2.24, 2.45) is 0 Å². The Labute approximate surface area is 127 Å². The normalized spacial score (nSPS) is 18.1. The second-order valence-corrected chi connectivity index (χ2v) is 6.41. The van der Waals surface area contributed by atoms with E-state index in [0.717, 1.165) is 0 Å². The van der Waals surface area contributed by atoms with E-state index in [9.17, 15) is 14.0 Å². The van der Waals surface area contributed by atoms with E-state index in [0.29, 0.717) is 38.3 Å². The molecular weight excluding hydrogens is 293 g/mol. The Morgan fingerprint density at radius 3 is 2.81 bits per heavy atom. The van der Waals surface area contributed by atoms with Gasteiger partial charge in [-0.05, 0) is 30.7 Å². The maximum atomic E-state index is 12.7. The number of hydrogen-bond acceptors (Lipinski definition) is 4. The molecule has 1 amide bonds. The maximum absolute atomic E-state index is 12.7. The minimum atomic E-state index is -0.293. The molecule has 1 aromatic rings. The number of likely N-dealkylation sites (tertiary alicyclic amines) is 1. The summed E-state index contributed by atoms with van der Waals surface area (Å²) in [5.74, 6) is 0.420. The fraction of sp³-hybridized carbons (Fsp3) is 0.467. The van der Waals surface area contributed by atoms with Crippen molar-refractivity contribution in [3.8, 4) is 5.75 Å². The molecule has 0 aromatic heterocycles. The third-order valence-corrected chi connectivity index (χ3v) is 4.15. The van der Waals surface area contributed by atoms with Crippen molar-refractivity contribution in [2.45, 2.75) is 25.0 Å². The molecule has 0 bridgehead atoms. The van der Waals surface area contributed by atoms with Gasteiger partial charge in [0.25, 0.3) is 0 Å². The van der Waals surface area contributed by atoms with Gasteiger partial charge < -0.3 is 9.64 Å². The summed E-state index contributed by atoms with van der Waals surface area (Å²) < 4.78 is 18.2. The molecule has 0 N–H and O–H groups in total. The number of hydrogen-bond donors (Lipinski definition) is 0. The number of carbonyl (C=O) groups excluding carboxylic acids is 2. The van der Waals surface area contributed by atoms with Crippen molar-refractivity contribution in [3.05, 3.63) is 30.1 Å². The summed E-state index contributed by atoms with van der Waals surface area (Å²) in [7, 11) is 0. The largest absolute Gasteiger partial charge is 0.494 e. The van der Waals surface area contributed by atoms with Crippen LogP contribution in [0.5, 0.6) is 5.75 Å². The fourth-order valence-electron chi connectivity index (χ4n) is 2.24. The van der Waals surface area contributed by atoms with Crippen molar-refractivity contribution in [3.63, 3.8) is 0 Å². The lowest BCUT2D eigenvalue weighted by Gasteiger charge is -2.16. The number of ether oxygens (including phenoxy) is 1. The fourth-order valence-corrected chi connectivity index (χ4v) is 3.19. The van der Waals surface area contributed by atoms with E-state index in [4.69, 9.17) is 4.74 Å². The molecule has 2 rings (SSSR count). The number of benzene rings is 1. The second-order valence-electron chi connectivity index (χ2n) is 4.93. The number of thioether (sulfide) groups is 1. The number of rotatable bonds is 6. The maximum Gasteiger partial charge on any atom is 0.223 e. The smallest absolute Gasteiger partial charge is 0.223 e. The Balaban J connectivity index is 1.68.